The lowest BCUT2D eigenvalue weighted by Crippen LogP contribution is -2.33. The molecule has 1 unspecified atom stereocenters. The lowest BCUT2D eigenvalue weighted by Gasteiger charge is -2.26. The van der Waals surface area contributed by atoms with Crippen molar-refractivity contribution >= 4 is 11.7 Å². The molecule has 2 N–H and O–H groups in total. The molecule has 1 aromatic rings. The first kappa shape index (κ1) is 13.4. The number of nitrogens with one attached hydrogen (secondary N) is 1. The summed E-state index contributed by atoms with van der Waals surface area (Å²) in [5.74, 6) is 0.963. The van der Waals surface area contributed by atoms with E-state index in [4.69, 9.17) is 5.11 Å². The third kappa shape index (κ3) is 2.80. The molecule has 1 aliphatic heterocycles. The van der Waals surface area contributed by atoms with Crippen LogP contribution in [-0.2, 0) is 0 Å². The molecule has 1 heterocycles. The van der Waals surface area contributed by atoms with Crippen molar-refractivity contribution in [3.05, 3.63) is 29.8 Å². The number of carbonyl (C=O) groups is 1. The van der Waals surface area contributed by atoms with Gasteiger partial charge in [0.2, 0.25) is 0 Å². The topological polar surface area (TPSA) is 52.6 Å². The van der Waals surface area contributed by atoms with Crippen molar-refractivity contribution in [2.75, 3.05) is 25.0 Å². The molecule has 4 nitrogen and oxygen atoms in total. The van der Waals surface area contributed by atoms with Crippen LogP contribution in [0.5, 0.6) is 0 Å². The molecule has 0 aromatic heterocycles. The molecule has 4 heteroatoms. The Labute approximate surface area is 119 Å². The molecule has 0 spiro atoms. The van der Waals surface area contributed by atoms with Gasteiger partial charge in [-0.05, 0) is 42.9 Å². The second-order valence-corrected chi connectivity index (χ2v) is 5.96. The molecule has 2 aliphatic rings. The summed E-state index contributed by atoms with van der Waals surface area (Å²) in [5.41, 5.74) is 2.24. The highest BCUT2D eigenvalue weighted by Crippen LogP contribution is 2.36. The number of amides is 2. The fourth-order valence-corrected chi connectivity index (χ4v) is 2.95. The van der Waals surface area contributed by atoms with Crippen LogP contribution in [0.4, 0.5) is 10.5 Å². The predicted molar refractivity (Wildman–Crippen MR) is 78.8 cm³/mol. The number of hydrogen-bond donors (Lipinski definition) is 2. The summed E-state index contributed by atoms with van der Waals surface area (Å²) in [6.45, 7) is 1.56. The Morgan fingerprint density at radius 1 is 1.25 bits per heavy atom. The van der Waals surface area contributed by atoms with Gasteiger partial charge in [0.1, 0.15) is 0 Å². The van der Waals surface area contributed by atoms with Crippen molar-refractivity contribution in [2.45, 2.75) is 31.6 Å². The molecule has 20 heavy (non-hydrogen) atoms. The first-order chi connectivity index (χ1) is 9.76. The number of anilines is 1. The Hall–Kier alpha value is -1.55. The first-order valence-corrected chi connectivity index (χ1v) is 7.53. The molecule has 1 aliphatic carbocycles. The molecule has 3 rings (SSSR count). The number of urea groups is 1. The van der Waals surface area contributed by atoms with Gasteiger partial charge in [0.05, 0.1) is 0 Å². The molecule has 1 atom stereocenters. The largest absolute Gasteiger partial charge is 0.396 e. The van der Waals surface area contributed by atoms with E-state index in [0.717, 1.165) is 24.6 Å². The van der Waals surface area contributed by atoms with E-state index in [9.17, 15) is 4.79 Å². The van der Waals surface area contributed by atoms with Crippen LogP contribution in [0.3, 0.4) is 0 Å². The maximum Gasteiger partial charge on any atom is 0.321 e. The maximum absolute atomic E-state index is 12.1. The van der Waals surface area contributed by atoms with Crippen LogP contribution in [0.1, 0.15) is 37.2 Å². The summed E-state index contributed by atoms with van der Waals surface area (Å²) in [5, 5.41) is 12.0. The second-order valence-electron chi connectivity index (χ2n) is 5.96. The summed E-state index contributed by atoms with van der Waals surface area (Å²) in [4.78, 5) is 13.9. The van der Waals surface area contributed by atoms with Gasteiger partial charge in [-0.3, -0.25) is 0 Å². The van der Waals surface area contributed by atoms with Crippen molar-refractivity contribution in [3.63, 3.8) is 0 Å². The van der Waals surface area contributed by atoms with E-state index in [1.54, 1.807) is 4.90 Å². The number of carbonyl (C=O) groups excluding carboxylic acids is 1. The number of aliphatic hydroxyl groups excluding tert-OH is 1. The minimum Gasteiger partial charge on any atom is -0.396 e. The van der Waals surface area contributed by atoms with E-state index in [-0.39, 0.29) is 18.6 Å². The molecule has 1 aromatic carbocycles. The number of benzene rings is 1. The average Bonchev–Trinajstić information content (AvgIpc) is 2.88. The highest BCUT2D eigenvalue weighted by atomic mass is 16.3. The third-order valence-corrected chi connectivity index (χ3v) is 4.57. The standard InChI is InChI=1S/C16H22N2O2/c19-11-12-8-9-18(10-12)16(20)17-15-6-4-14(5-7-15)13-2-1-3-13/h4-7,12-13,19H,1-3,8-11H2,(H,17,20). The Kier molecular flexibility index (Phi) is 3.92. The molecule has 2 amide bonds. The fraction of sp³-hybridized carbons (Fsp3) is 0.562. The van der Waals surface area contributed by atoms with Crippen LogP contribution in [-0.4, -0.2) is 35.7 Å². The first-order valence-electron chi connectivity index (χ1n) is 7.53. The minimum atomic E-state index is -0.0580. The number of nitrogens with zero attached hydrogens (tertiary/aromatic N) is 1. The molecule has 1 saturated heterocycles. The third-order valence-electron chi connectivity index (χ3n) is 4.57. The van der Waals surface area contributed by atoms with E-state index in [1.165, 1.54) is 24.8 Å². The normalized spacial score (nSPS) is 22.6. The molecular formula is C16H22N2O2. The summed E-state index contributed by atoms with van der Waals surface area (Å²) in [7, 11) is 0. The lowest BCUT2D eigenvalue weighted by atomic mass is 9.80. The summed E-state index contributed by atoms with van der Waals surface area (Å²) in [6.07, 6.45) is 4.82. The molecule has 1 saturated carbocycles. The average molecular weight is 274 g/mol. The number of hydrogen-bond acceptors (Lipinski definition) is 2. The molecule has 108 valence electrons. The smallest absolute Gasteiger partial charge is 0.321 e. The van der Waals surface area contributed by atoms with Gasteiger partial charge in [-0.2, -0.15) is 0 Å². The van der Waals surface area contributed by atoms with Gasteiger partial charge in [0, 0.05) is 31.3 Å². The van der Waals surface area contributed by atoms with Crippen molar-refractivity contribution in [1.82, 2.24) is 4.90 Å². The molecule has 0 radical (unpaired) electrons. The lowest BCUT2D eigenvalue weighted by molar-refractivity contribution is 0.209. The Morgan fingerprint density at radius 3 is 2.55 bits per heavy atom. The number of rotatable bonds is 3. The highest BCUT2D eigenvalue weighted by Gasteiger charge is 2.25. The van der Waals surface area contributed by atoms with E-state index < -0.39 is 0 Å². The monoisotopic (exact) mass is 274 g/mol. The van der Waals surface area contributed by atoms with Crippen LogP contribution in [0.25, 0.3) is 0 Å². The van der Waals surface area contributed by atoms with Crippen LogP contribution < -0.4 is 5.32 Å². The van der Waals surface area contributed by atoms with Crippen molar-refractivity contribution < 1.29 is 9.90 Å². The van der Waals surface area contributed by atoms with Crippen LogP contribution in [0, 0.1) is 5.92 Å². The Morgan fingerprint density at radius 2 is 2.00 bits per heavy atom. The Bertz CT molecular complexity index is 468. The number of likely N-dealkylation sites (tertiary alicyclic amines) is 1. The zero-order chi connectivity index (χ0) is 13.9. The summed E-state index contributed by atoms with van der Waals surface area (Å²) in [6, 6.07) is 8.17. The van der Waals surface area contributed by atoms with Crippen molar-refractivity contribution in [3.8, 4) is 0 Å². The minimum absolute atomic E-state index is 0.0580. The zero-order valence-electron chi connectivity index (χ0n) is 11.7. The molecular weight excluding hydrogens is 252 g/mol. The van der Waals surface area contributed by atoms with Gasteiger partial charge >= 0.3 is 6.03 Å². The maximum atomic E-state index is 12.1. The summed E-state index contributed by atoms with van der Waals surface area (Å²) >= 11 is 0. The van der Waals surface area contributed by atoms with E-state index in [0.29, 0.717) is 6.54 Å². The van der Waals surface area contributed by atoms with Gasteiger partial charge in [0.15, 0.2) is 0 Å². The highest BCUT2D eigenvalue weighted by molar-refractivity contribution is 5.89. The van der Waals surface area contributed by atoms with E-state index in [1.807, 2.05) is 12.1 Å². The van der Waals surface area contributed by atoms with Gasteiger partial charge < -0.3 is 15.3 Å². The van der Waals surface area contributed by atoms with Crippen molar-refractivity contribution in [2.24, 2.45) is 5.92 Å². The van der Waals surface area contributed by atoms with Gasteiger partial charge in [0.25, 0.3) is 0 Å². The van der Waals surface area contributed by atoms with Crippen molar-refractivity contribution in [1.29, 1.82) is 0 Å². The van der Waals surface area contributed by atoms with Gasteiger partial charge in [-0.25, -0.2) is 4.79 Å². The van der Waals surface area contributed by atoms with Crippen LogP contribution in [0.15, 0.2) is 24.3 Å². The predicted octanol–water partition coefficient (Wildman–Crippen LogP) is 2.80. The van der Waals surface area contributed by atoms with Crippen LogP contribution >= 0.6 is 0 Å². The number of aliphatic hydroxyl groups is 1. The van der Waals surface area contributed by atoms with E-state index in [2.05, 4.69) is 17.4 Å². The molecule has 0 bridgehead atoms. The van der Waals surface area contributed by atoms with Gasteiger partial charge in [-0.1, -0.05) is 18.6 Å². The summed E-state index contributed by atoms with van der Waals surface area (Å²) < 4.78 is 0. The van der Waals surface area contributed by atoms with Crippen LogP contribution in [0.2, 0.25) is 0 Å². The second kappa shape index (κ2) is 5.83. The van der Waals surface area contributed by atoms with Gasteiger partial charge in [-0.15, -0.1) is 0 Å². The van der Waals surface area contributed by atoms with E-state index >= 15 is 0 Å². The fourth-order valence-electron chi connectivity index (χ4n) is 2.95. The zero-order valence-corrected chi connectivity index (χ0v) is 11.7. The Balaban J connectivity index is 1.55. The molecule has 2 fully saturated rings. The SMILES string of the molecule is O=C(Nc1ccc(C2CCC2)cc1)N1CCC(CO)C1. The quantitative estimate of drug-likeness (QED) is 0.890.